The molecule has 0 bridgehead atoms. The highest BCUT2D eigenvalue weighted by molar-refractivity contribution is 5.82. The summed E-state index contributed by atoms with van der Waals surface area (Å²) in [5.74, 6) is 0.450. The smallest absolute Gasteiger partial charge is 0.416 e. The van der Waals surface area contributed by atoms with Crippen molar-refractivity contribution in [3.05, 3.63) is 59.2 Å². The number of amides is 1. The van der Waals surface area contributed by atoms with Gasteiger partial charge in [-0.1, -0.05) is 24.3 Å². The summed E-state index contributed by atoms with van der Waals surface area (Å²) in [4.78, 5) is 14.9. The van der Waals surface area contributed by atoms with Gasteiger partial charge in [-0.2, -0.15) is 13.2 Å². The Morgan fingerprint density at radius 2 is 1.94 bits per heavy atom. The Morgan fingerprint density at radius 1 is 1.22 bits per heavy atom. The van der Waals surface area contributed by atoms with Crippen molar-refractivity contribution in [3.63, 3.8) is 0 Å². The van der Waals surface area contributed by atoms with Crippen LogP contribution in [0.4, 0.5) is 13.2 Å². The molecule has 1 saturated heterocycles. The Balaban J connectivity index is 1.27. The Morgan fingerprint density at radius 3 is 2.62 bits per heavy atom. The molecule has 2 aromatic rings. The van der Waals surface area contributed by atoms with Crippen molar-refractivity contribution in [1.82, 2.24) is 10.2 Å². The van der Waals surface area contributed by atoms with Crippen LogP contribution in [-0.2, 0) is 24.1 Å². The number of nitrogens with one attached hydrogen (secondary N) is 1. The average molecular weight is 448 g/mol. The van der Waals surface area contributed by atoms with Gasteiger partial charge in [-0.05, 0) is 61.5 Å². The Labute approximate surface area is 185 Å². The summed E-state index contributed by atoms with van der Waals surface area (Å²) >= 11 is 0. The normalized spacial score (nSPS) is 20.2. The minimum Gasteiger partial charge on any atom is -0.504 e. The monoisotopic (exact) mass is 448 g/mol. The van der Waals surface area contributed by atoms with Crippen LogP contribution in [0.1, 0.15) is 36.0 Å². The topological polar surface area (TPSA) is 61.8 Å². The van der Waals surface area contributed by atoms with Gasteiger partial charge < -0.3 is 15.2 Å². The van der Waals surface area contributed by atoms with E-state index in [0.29, 0.717) is 17.9 Å². The lowest BCUT2D eigenvalue weighted by Crippen LogP contribution is -2.36. The number of piperidine rings is 1. The summed E-state index contributed by atoms with van der Waals surface area (Å²) in [7, 11) is 1.52. The maximum absolute atomic E-state index is 12.9. The summed E-state index contributed by atoms with van der Waals surface area (Å²) in [5, 5.41) is 13.1. The van der Waals surface area contributed by atoms with Crippen molar-refractivity contribution in [2.24, 2.45) is 11.3 Å². The third-order valence-corrected chi connectivity index (χ3v) is 6.78. The first-order valence-corrected chi connectivity index (χ1v) is 10.7. The number of phenols is 1. The molecular formula is C24H27F3N2O3. The molecule has 2 fully saturated rings. The number of nitrogens with zero attached hydrogens (tertiary/aromatic N) is 1. The second-order valence-electron chi connectivity index (χ2n) is 8.78. The molecule has 5 nitrogen and oxygen atoms in total. The van der Waals surface area contributed by atoms with Crippen molar-refractivity contribution >= 4 is 5.91 Å². The van der Waals surface area contributed by atoms with E-state index in [1.165, 1.54) is 13.2 Å². The van der Waals surface area contributed by atoms with Gasteiger partial charge in [0, 0.05) is 24.6 Å². The molecule has 32 heavy (non-hydrogen) atoms. The highest BCUT2D eigenvalue weighted by Gasteiger charge is 2.58. The fourth-order valence-electron chi connectivity index (χ4n) is 4.70. The molecule has 1 aliphatic carbocycles. The van der Waals surface area contributed by atoms with E-state index in [2.05, 4.69) is 10.2 Å². The summed E-state index contributed by atoms with van der Waals surface area (Å²) in [6, 6.07) is 10.5. The molecule has 2 N–H and O–H groups in total. The first-order chi connectivity index (χ1) is 15.2. The summed E-state index contributed by atoms with van der Waals surface area (Å²) < 4.78 is 43.8. The molecule has 0 radical (unpaired) electrons. The lowest BCUT2D eigenvalue weighted by Gasteiger charge is -2.33. The minimum atomic E-state index is -4.39. The fraction of sp³-hybridized carbons (Fsp3) is 0.458. The molecule has 1 amide bonds. The van der Waals surface area contributed by atoms with E-state index in [-0.39, 0.29) is 29.5 Å². The average Bonchev–Trinajstić information content (AvgIpc) is 3.48. The van der Waals surface area contributed by atoms with E-state index >= 15 is 0 Å². The molecule has 0 aromatic heterocycles. The summed E-state index contributed by atoms with van der Waals surface area (Å²) in [6.45, 7) is 2.37. The molecule has 1 spiro atoms. The molecule has 1 atom stereocenters. The second kappa shape index (κ2) is 8.65. The molecule has 2 aliphatic rings. The first kappa shape index (κ1) is 22.5. The summed E-state index contributed by atoms with van der Waals surface area (Å²) in [6.07, 6.45) is -1.80. The first-order valence-electron chi connectivity index (χ1n) is 10.7. The van der Waals surface area contributed by atoms with Crippen molar-refractivity contribution in [2.45, 2.75) is 38.5 Å². The Hall–Kier alpha value is -2.74. The number of hydrogen-bond donors (Lipinski definition) is 2. The number of rotatable bonds is 6. The highest BCUT2D eigenvalue weighted by atomic mass is 19.4. The van der Waals surface area contributed by atoms with Crippen LogP contribution in [0.25, 0.3) is 0 Å². The van der Waals surface area contributed by atoms with Gasteiger partial charge in [0.05, 0.1) is 12.7 Å². The number of alkyl halides is 3. The maximum Gasteiger partial charge on any atom is 0.416 e. The number of carbonyl (C=O) groups is 1. The minimum absolute atomic E-state index is 0.00910. The number of halogens is 3. The van der Waals surface area contributed by atoms with Crippen molar-refractivity contribution in [3.8, 4) is 11.5 Å². The van der Waals surface area contributed by atoms with Crippen LogP contribution in [0.15, 0.2) is 42.5 Å². The lowest BCUT2D eigenvalue weighted by atomic mass is 9.90. The number of methoxy groups -OCH3 is 1. The molecular weight excluding hydrogens is 421 g/mol. The standard InChI is InChI=1S/C24H27F3N2O3/c1-32-20-7-3-5-17(21(20)30)15-29-10-8-23(9-11-29)13-19(23)22(31)28-14-16-4-2-6-18(12-16)24(25,26)27/h2-7,12,19,30H,8-11,13-15H2,1H3,(H,28,31). The van der Waals surface area contributed by atoms with E-state index in [1.807, 2.05) is 12.1 Å². The number of hydrogen-bond acceptors (Lipinski definition) is 4. The number of para-hydroxylation sites is 1. The van der Waals surface area contributed by atoms with E-state index in [9.17, 15) is 23.1 Å². The molecule has 1 heterocycles. The number of likely N-dealkylation sites (tertiary alicyclic amines) is 1. The third kappa shape index (κ3) is 4.70. The second-order valence-corrected chi connectivity index (χ2v) is 8.78. The molecule has 4 rings (SSSR count). The van der Waals surface area contributed by atoms with Gasteiger partial charge in [-0.25, -0.2) is 0 Å². The van der Waals surface area contributed by atoms with Crippen LogP contribution < -0.4 is 10.1 Å². The van der Waals surface area contributed by atoms with E-state index in [4.69, 9.17) is 4.74 Å². The number of ether oxygens (including phenoxy) is 1. The van der Waals surface area contributed by atoms with Gasteiger partial charge in [-0.15, -0.1) is 0 Å². The zero-order valence-corrected chi connectivity index (χ0v) is 17.9. The number of phenolic OH excluding ortho intramolecular Hbond substituents is 1. The van der Waals surface area contributed by atoms with Crippen LogP contribution in [0, 0.1) is 11.3 Å². The van der Waals surface area contributed by atoms with Gasteiger partial charge in [0.2, 0.25) is 5.91 Å². The predicted molar refractivity (Wildman–Crippen MR) is 113 cm³/mol. The lowest BCUT2D eigenvalue weighted by molar-refractivity contribution is -0.137. The molecule has 1 unspecified atom stereocenters. The number of carbonyl (C=O) groups excluding carboxylic acids is 1. The van der Waals surface area contributed by atoms with Gasteiger partial charge >= 0.3 is 6.18 Å². The fourth-order valence-corrected chi connectivity index (χ4v) is 4.70. The van der Waals surface area contributed by atoms with E-state index in [1.54, 1.807) is 12.1 Å². The van der Waals surface area contributed by atoms with Crippen molar-refractivity contribution in [2.75, 3.05) is 20.2 Å². The van der Waals surface area contributed by atoms with Gasteiger partial charge in [-0.3, -0.25) is 9.69 Å². The number of aromatic hydroxyl groups is 1. The predicted octanol–water partition coefficient (Wildman–Crippen LogP) is 4.34. The maximum atomic E-state index is 12.9. The van der Waals surface area contributed by atoms with Gasteiger partial charge in [0.1, 0.15) is 0 Å². The zero-order valence-electron chi connectivity index (χ0n) is 17.9. The largest absolute Gasteiger partial charge is 0.504 e. The molecule has 172 valence electrons. The molecule has 1 aliphatic heterocycles. The summed E-state index contributed by atoms with van der Waals surface area (Å²) in [5.41, 5.74) is 0.536. The molecule has 2 aromatic carbocycles. The Kier molecular flexibility index (Phi) is 6.07. The molecule has 1 saturated carbocycles. The quantitative estimate of drug-likeness (QED) is 0.690. The SMILES string of the molecule is COc1cccc(CN2CCC3(CC2)CC3C(=O)NCc2cccc(C(F)(F)F)c2)c1O. The third-order valence-electron chi connectivity index (χ3n) is 6.78. The Bertz CT molecular complexity index is 985. The van der Waals surface area contributed by atoms with Crippen molar-refractivity contribution < 1.29 is 27.8 Å². The van der Waals surface area contributed by atoms with E-state index < -0.39 is 11.7 Å². The zero-order chi connectivity index (χ0) is 22.9. The van der Waals surface area contributed by atoms with E-state index in [0.717, 1.165) is 50.0 Å². The van der Waals surface area contributed by atoms with Crippen molar-refractivity contribution in [1.29, 1.82) is 0 Å². The van der Waals surface area contributed by atoms with Crippen LogP contribution in [-0.4, -0.2) is 36.1 Å². The van der Waals surface area contributed by atoms with Crippen LogP contribution >= 0.6 is 0 Å². The number of benzene rings is 2. The van der Waals surface area contributed by atoms with Gasteiger partial charge in [0.25, 0.3) is 0 Å². The van der Waals surface area contributed by atoms with Crippen LogP contribution in [0.3, 0.4) is 0 Å². The highest BCUT2D eigenvalue weighted by Crippen LogP contribution is 2.59. The van der Waals surface area contributed by atoms with Crippen LogP contribution in [0.5, 0.6) is 11.5 Å². The van der Waals surface area contributed by atoms with Crippen LogP contribution in [0.2, 0.25) is 0 Å². The molecule has 8 heteroatoms. The van der Waals surface area contributed by atoms with Gasteiger partial charge in [0.15, 0.2) is 11.5 Å².